The zero-order chi connectivity index (χ0) is 15.0. The van der Waals surface area contributed by atoms with Crippen LogP contribution in [0, 0.1) is 13.8 Å². The number of hydrogen-bond acceptors (Lipinski definition) is 5. The van der Waals surface area contributed by atoms with Crippen LogP contribution in [0.2, 0.25) is 0 Å². The highest BCUT2D eigenvalue weighted by Crippen LogP contribution is 2.34. The second-order valence-corrected chi connectivity index (χ2v) is 6.30. The van der Waals surface area contributed by atoms with Gasteiger partial charge in [-0.25, -0.2) is 4.98 Å². The Kier molecular flexibility index (Phi) is 3.51. The van der Waals surface area contributed by atoms with Crippen molar-refractivity contribution in [2.24, 2.45) is 0 Å². The highest BCUT2D eigenvalue weighted by Gasteiger charge is 2.16. The van der Waals surface area contributed by atoms with Crippen LogP contribution < -0.4 is 10.6 Å². The number of hydrogen-bond donors (Lipinski definition) is 1. The van der Waals surface area contributed by atoms with E-state index in [9.17, 15) is 0 Å². The van der Waals surface area contributed by atoms with Crippen LogP contribution in [-0.2, 0) is 0 Å². The van der Waals surface area contributed by atoms with Gasteiger partial charge in [-0.1, -0.05) is 17.7 Å². The van der Waals surface area contributed by atoms with E-state index in [1.54, 1.807) is 11.3 Å². The number of nitrogen functional groups attached to an aromatic ring is 1. The summed E-state index contributed by atoms with van der Waals surface area (Å²) in [5.74, 6) is 1.21. The molecule has 1 aromatic carbocycles. The van der Waals surface area contributed by atoms with E-state index in [2.05, 4.69) is 66.0 Å². The van der Waals surface area contributed by atoms with Crippen molar-refractivity contribution in [3.8, 4) is 0 Å². The summed E-state index contributed by atoms with van der Waals surface area (Å²) >= 11 is 1.65. The quantitative estimate of drug-likeness (QED) is 0.792. The first-order chi connectivity index (χ1) is 10.1. The molecule has 5 heteroatoms. The molecule has 0 amide bonds. The number of aryl methyl sites for hydroxylation is 2. The number of aromatic nitrogens is 2. The molecule has 0 aliphatic rings. The number of fused-ring (bicyclic) bond motifs is 1. The summed E-state index contributed by atoms with van der Waals surface area (Å²) < 4.78 is 0. The Morgan fingerprint density at radius 3 is 2.52 bits per heavy atom. The maximum atomic E-state index is 5.89. The predicted octanol–water partition coefficient (Wildman–Crippen LogP) is 4.05. The molecule has 0 fully saturated rings. The highest BCUT2D eigenvalue weighted by molar-refractivity contribution is 7.18. The van der Waals surface area contributed by atoms with E-state index in [-0.39, 0.29) is 0 Å². The molecule has 3 aromatic rings. The molecule has 0 spiro atoms. The summed E-state index contributed by atoms with van der Waals surface area (Å²) in [5.41, 5.74) is 8.25. The van der Waals surface area contributed by atoms with E-state index >= 15 is 0 Å². The van der Waals surface area contributed by atoms with Crippen LogP contribution in [0.15, 0.2) is 30.3 Å². The fraction of sp³-hybridized carbons (Fsp3) is 0.250. The number of benzene rings is 1. The van der Waals surface area contributed by atoms with Crippen LogP contribution in [0.3, 0.4) is 0 Å². The van der Waals surface area contributed by atoms with Crippen LogP contribution in [0.5, 0.6) is 0 Å². The van der Waals surface area contributed by atoms with E-state index in [1.807, 2.05) is 0 Å². The number of nitrogens with two attached hydrogens (primary N) is 1. The normalized spacial score (nSPS) is 11.0. The molecule has 0 saturated heterocycles. The molecule has 0 atom stereocenters. The zero-order valence-corrected chi connectivity index (χ0v) is 13.2. The van der Waals surface area contributed by atoms with E-state index in [0.29, 0.717) is 5.95 Å². The second kappa shape index (κ2) is 5.33. The first kappa shape index (κ1) is 13.8. The number of rotatable bonds is 3. The van der Waals surface area contributed by atoms with Gasteiger partial charge in [-0.15, -0.1) is 11.3 Å². The van der Waals surface area contributed by atoms with Gasteiger partial charge in [0.15, 0.2) is 0 Å². The van der Waals surface area contributed by atoms with Gasteiger partial charge in [0, 0.05) is 17.1 Å². The first-order valence-corrected chi connectivity index (χ1v) is 7.78. The third-order valence-electron chi connectivity index (χ3n) is 3.43. The molecule has 0 bridgehead atoms. The van der Waals surface area contributed by atoms with E-state index in [4.69, 9.17) is 5.73 Å². The Morgan fingerprint density at radius 1 is 1.14 bits per heavy atom. The number of anilines is 3. The average Bonchev–Trinajstić information content (AvgIpc) is 2.81. The van der Waals surface area contributed by atoms with E-state index in [1.165, 1.54) is 10.4 Å². The molecular formula is C16H18N4S. The number of nitrogens with zero attached hydrogens (tertiary/aromatic N) is 3. The Bertz CT molecular complexity index is 777. The lowest BCUT2D eigenvalue weighted by molar-refractivity contribution is 0.994. The van der Waals surface area contributed by atoms with Crippen LogP contribution in [-0.4, -0.2) is 16.5 Å². The summed E-state index contributed by atoms with van der Waals surface area (Å²) in [6.45, 7) is 7.10. The first-order valence-electron chi connectivity index (χ1n) is 6.96. The van der Waals surface area contributed by atoms with Gasteiger partial charge in [0.25, 0.3) is 0 Å². The Labute approximate surface area is 128 Å². The summed E-state index contributed by atoms with van der Waals surface area (Å²) in [6, 6.07) is 10.6. The molecular weight excluding hydrogens is 280 g/mol. The summed E-state index contributed by atoms with van der Waals surface area (Å²) in [7, 11) is 0. The molecule has 3 rings (SSSR count). The molecule has 108 valence electrons. The average molecular weight is 298 g/mol. The standard InChI is InChI=1S/C16H18N4S/c1-4-20(12-7-5-10(2)6-8-12)14-13-9-11(3)21-15(13)19-16(17)18-14/h5-9H,4H2,1-3H3,(H2,17,18,19). The van der Waals surface area contributed by atoms with Crippen molar-refractivity contribution in [2.75, 3.05) is 17.2 Å². The molecule has 0 radical (unpaired) electrons. The van der Waals surface area contributed by atoms with Crippen LogP contribution in [0.1, 0.15) is 17.4 Å². The molecule has 2 aromatic heterocycles. The van der Waals surface area contributed by atoms with Crippen LogP contribution in [0.25, 0.3) is 10.2 Å². The molecule has 2 heterocycles. The minimum absolute atomic E-state index is 0.324. The lowest BCUT2D eigenvalue weighted by Gasteiger charge is -2.23. The monoisotopic (exact) mass is 298 g/mol. The van der Waals surface area contributed by atoms with E-state index < -0.39 is 0 Å². The molecule has 0 aliphatic carbocycles. The topological polar surface area (TPSA) is 55.0 Å². The lowest BCUT2D eigenvalue weighted by Crippen LogP contribution is -2.18. The second-order valence-electron chi connectivity index (χ2n) is 5.06. The maximum Gasteiger partial charge on any atom is 0.223 e. The fourth-order valence-electron chi connectivity index (χ4n) is 2.43. The smallest absolute Gasteiger partial charge is 0.223 e. The zero-order valence-electron chi connectivity index (χ0n) is 12.4. The minimum Gasteiger partial charge on any atom is -0.368 e. The van der Waals surface area contributed by atoms with Gasteiger partial charge in [0.1, 0.15) is 10.6 Å². The third kappa shape index (κ3) is 2.56. The molecule has 21 heavy (non-hydrogen) atoms. The largest absolute Gasteiger partial charge is 0.368 e. The molecule has 0 saturated carbocycles. The lowest BCUT2D eigenvalue weighted by atomic mass is 10.2. The van der Waals surface area contributed by atoms with Crippen molar-refractivity contribution in [2.45, 2.75) is 20.8 Å². The van der Waals surface area contributed by atoms with Crippen molar-refractivity contribution >= 4 is 39.0 Å². The Balaban J connectivity index is 2.18. The van der Waals surface area contributed by atoms with Gasteiger partial charge in [0.2, 0.25) is 5.95 Å². The molecule has 0 aliphatic heterocycles. The van der Waals surface area contributed by atoms with Crippen LogP contribution >= 0.6 is 11.3 Å². The fourth-order valence-corrected chi connectivity index (χ4v) is 3.31. The maximum absolute atomic E-state index is 5.89. The molecule has 4 nitrogen and oxygen atoms in total. The molecule has 0 unspecified atom stereocenters. The summed E-state index contributed by atoms with van der Waals surface area (Å²) in [5, 5.41) is 1.06. The minimum atomic E-state index is 0.324. The van der Waals surface area contributed by atoms with Gasteiger partial charge in [-0.2, -0.15) is 4.98 Å². The van der Waals surface area contributed by atoms with Crippen molar-refractivity contribution < 1.29 is 0 Å². The Hall–Kier alpha value is -2.14. The summed E-state index contributed by atoms with van der Waals surface area (Å²) in [4.78, 5) is 13.2. The van der Waals surface area contributed by atoms with Crippen LogP contribution in [0.4, 0.5) is 17.5 Å². The SMILES string of the molecule is CCN(c1ccc(C)cc1)c1nc(N)nc2sc(C)cc12. The van der Waals surface area contributed by atoms with Gasteiger partial charge in [0.05, 0.1) is 5.39 Å². The molecule has 2 N–H and O–H groups in total. The predicted molar refractivity (Wildman–Crippen MR) is 90.4 cm³/mol. The third-order valence-corrected chi connectivity index (χ3v) is 4.38. The van der Waals surface area contributed by atoms with Gasteiger partial charge < -0.3 is 10.6 Å². The van der Waals surface area contributed by atoms with E-state index in [0.717, 1.165) is 28.3 Å². The van der Waals surface area contributed by atoms with Gasteiger partial charge in [-0.05, 0) is 39.0 Å². The Morgan fingerprint density at radius 2 is 1.86 bits per heavy atom. The highest BCUT2D eigenvalue weighted by atomic mass is 32.1. The number of thiophene rings is 1. The van der Waals surface area contributed by atoms with Gasteiger partial charge in [-0.3, -0.25) is 0 Å². The van der Waals surface area contributed by atoms with Gasteiger partial charge >= 0.3 is 0 Å². The summed E-state index contributed by atoms with van der Waals surface area (Å²) in [6.07, 6.45) is 0. The van der Waals surface area contributed by atoms with Crippen molar-refractivity contribution in [1.29, 1.82) is 0 Å². The van der Waals surface area contributed by atoms with Crippen molar-refractivity contribution in [1.82, 2.24) is 9.97 Å². The van der Waals surface area contributed by atoms with Crippen molar-refractivity contribution in [3.63, 3.8) is 0 Å². The van der Waals surface area contributed by atoms with Crippen molar-refractivity contribution in [3.05, 3.63) is 40.8 Å².